The minimum absolute atomic E-state index is 0.224. The molecule has 0 heterocycles. The zero-order valence-corrected chi connectivity index (χ0v) is 9.95. The first-order valence-electron chi connectivity index (χ1n) is 5.58. The van der Waals surface area contributed by atoms with Gasteiger partial charge < -0.3 is 14.8 Å². The molecule has 1 N–H and O–H groups in total. The Kier molecular flexibility index (Phi) is 5.57. The number of hydrogen-bond donors (Lipinski definition) is 1. The Balaban J connectivity index is 2.46. The fourth-order valence-electron chi connectivity index (χ4n) is 1.38. The van der Waals surface area contributed by atoms with Gasteiger partial charge in [0.2, 0.25) is 0 Å². The number of benzene rings is 1. The molecule has 0 aliphatic rings. The number of hydrogen-bond acceptors (Lipinski definition) is 3. The Morgan fingerprint density at radius 1 is 1.44 bits per heavy atom. The van der Waals surface area contributed by atoms with Gasteiger partial charge in [0.05, 0.1) is 0 Å². The normalized spacial score (nSPS) is 10.1. The minimum atomic E-state index is 0.224. The van der Waals surface area contributed by atoms with Gasteiger partial charge in [0.25, 0.3) is 0 Å². The Morgan fingerprint density at radius 2 is 2.25 bits per heavy atom. The lowest BCUT2D eigenvalue weighted by molar-refractivity contribution is -0.116. The molecule has 88 valence electrons. The molecule has 0 aliphatic heterocycles. The van der Waals surface area contributed by atoms with E-state index in [9.17, 15) is 4.79 Å². The maximum Gasteiger partial charge on any atom is 0.130 e. The van der Waals surface area contributed by atoms with Crippen LogP contribution in [0.15, 0.2) is 24.3 Å². The number of likely N-dealkylation sites (N-methyl/N-ethyl adjacent to an activating group) is 1. The van der Waals surface area contributed by atoms with Crippen LogP contribution in [-0.4, -0.2) is 26.0 Å². The van der Waals surface area contributed by atoms with Gasteiger partial charge in [-0.05, 0) is 38.1 Å². The van der Waals surface area contributed by atoms with Crippen molar-refractivity contribution in [2.24, 2.45) is 0 Å². The molecule has 0 spiro atoms. The minimum Gasteiger partial charge on any atom is -0.492 e. The van der Waals surface area contributed by atoms with E-state index in [-0.39, 0.29) is 5.78 Å². The molecule has 1 rings (SSSR count). The smallest absolute Gasteiger partial charge is 0.130 e. The standard InChI is InChI=1S/C13H19NO2/c1-11(15)6-7-12-4-3-5-13(10-12)16-9-8-14-2/h3-5,10,14H,6-9H2,1-2H3. The fourth-order valence-corrected chi connectivity index (χ4v) is 1.38. The molecule has 0 saturated carbocycles. The summed E-state index contributed by atoms with van der Waals surface area (Å²) in [6.45, 7) is 3.11. The first-order valence-corrected chi connectivity index (χ1v) is 5.58. The summed E-state index contributed by atoms with van der Waals surface area (Å²) in [5, 5.41) is 3.02. The van der Waals surface area contributed by atoms with E-state index < -0.39 is 0 Å². The van der Waals surface area contributed by atoms with E-state index in [1.54, 1.807) is 6.92 Å². The molecule has 0 aliphatic carbocycles. The van der Waals surface area contributed by atoms with Crippen LogP contribution in [0.3, 0.4) is 0 Å². The molecule has 0 fully saturated rings. The van der Waals surface area contributed by atoms with Crippen molar-refractivity contribution in [1.29, 1.82) is 0 Å². The van der Waals surface area contributed by atoms with E-state index in [1.807, 2.05) is 31.3 Å². The van der Waals surface area contributed by atoms with E-state index in [4.69, 9.17) is 4.74 Å². The zero-order valence-electron chi connectivity index (χ0n) is 9.95. The highest BCUT2D eigenvalue weighted by molar-refractivity contribution is 5.75. The molecule has 0 aromatic heterocycles. The van der Waals surface area contributed by atoms with E-state index in [0.717, 1.165) is 24.3 Å². The third-order valence-corrected chi connectivity index (χ3v) is 2.28. The number of aryl methyl sites for hydroxylation is 1. The maximum absolute atomic E-state index is 10.9. The lowest BCUT2D eigenvalue weighted by atomic mass is 10.1. The number of ketones is 1. The van der Waals surface area contributed by atoms with Crippen LogP contribution in [0.5, 0.6) is 5.75 Å². The van der Waals surface area contributed by atoms with E-state index in [2.05, 4.69) is 5.32 Å². The highest BCUT2D eigenvalue weighted by atomic mass is 16.5. The van der Waals surface area contributed by atoms with Crippen molar-refractivity contribution in [1.82, 2.24) is 5.32 Å². The fraction of sp³-hybridized carbons (Fsp3) is 0.462. The predicted octanol–water partition coefficient (Wildman–Crippen LogP) is 1.81. The van der Waals surface area contributed by atoms with Gasteiger partial charge in [0.15, 0.2) is 0 Å². The van der Waals surface area contributed by atoms with Gasteiger partial charge in [0.1, 0.15) is 18.1 Å². The Morgan fingerprint density at radius 3 is 2.94 bits per heavy atom. The van der Waals surface area contributed by atoms with Crippen LogP contribution in [0.4, 0.5) is 0 Å². The van der Waals surface area contributed by atoms with Crippen LogP contribution in [-0.2, 0) is 11.2 Å². The molecular formula is C13H19NO2. The molecule has 0 radical (unpaired) electrons. The summed E-state index contributed by atoms with van der Waals surface area (Å²) in [7, 11) is 1.90. The van der Waals surface area contributed by atoms with Crippen molar-refractivity contribution in [2.45, 2.75) is 19.8 Å². The van der Waals surface area contributed by atoms with Crippen LogP contribution in [0, 0.1) is 0 Å². The topological polar surface area (TPSA) is 38.3 Å². The Labute approximate surface area is 96.8 Å². The van der Waals surface area contributed by atoms with Crippen molar-refractivity contribution in [3.05, 3.63) is 29.8 Å². The van der Waals surface area contributed by atoms with Crippen molar-refractivity contribution in [3.8, 4) is 5.75 Å². The molecule has 0 saturated heterocycles. The SMILES string of the molecule is CNCCOc1cccc(CCC(C)=O)c1. The molecule has 1 aromatic rings. The quantitative estimate of drug-likeness (QED) is 0.714. The van der Waals surface area contributed by atoms with Gasteiger partial charge in [-0.25, -0.2) is 0 Å². The average molecular weight is 221 g/mol. The van der Waals surface area contributed by atoms with Gasteiger partial charge in [-0.3, -0.25) is 0 Å². The van der Waals surface area contributed by atoms with E-state index >= 15 is 0 Å². The Hall–Kier alpha value is -1.35. The highest BCUT2D eigenvalue weighted by Crippen LogP contribution is 2.14. The number of nitrogens with one attached hydrogen (secondary N) is 1. The van der Waals surface area contributed by atoms with Crippen molar-refractivity contribution < 1.29 is 9.53 Å². The van der Waals surface area contributed by atoms with E-state index in [1.165, 1.54) is 0 Å². The summed E-state index contributed by atoms with van der Waals surface area (Å²) in [6, 6.07) is 7.92. The zero-order chi connectivity index (χ0) is 11.8. The van der Waals surface area contributed by atoms with Crippen molar-refractivity contribution in [2.75, 3.05) is 20.2 Å². The van der Waals surface area contributed by atoms with Gasteiger partial charge in [-0.2, -0.15) is 0 Å². The van der Waals surface area contributed by atoms with Crippen molar-refractivity contribution in [3.63, 3.8) is 0 Å². The summed E-state index contributed by atoms with van der Waals surface area (Å²) >= 11 is 0. The van der Waals surface area contributed by atoms with Crippen LogP contribution in [0.2, 0.25) is 0 Å². The van der Waals surface area contributed by atoms with Crippen LogP contribution in [0.25, 0.3) is 0 Å². The number of rotatable bonds is 7. The van der Waals surface area contributed by atoms with Gasteiger partial charge in [0, 0.05) is 13.0 Å². The first kappa shape index (κ1) is 12.7. The average Bonchev–Trinajstić information content (AvgIpc) is 2.27. The van der Waals surface area contributed by atoms with Crippen LogP contribution in [0.1, 0.15) is 18.9 Å². The summed E-state index contributed by atoms with van der Waals surface area (Å²) in [5.74, 6) is 1.10. The molecule has 1 aromatic carbocycles. The van der Waals surface area contributed by atoms with Crippen LogP contribution < -0.4 is 10.1 Å². The largest absolute Gasteiger partial charge is 0.492 e. The predicted molar refractivity (Wildman–Crippen MR) is 64.9 cm³/mol. The number of carbonyl (C=O) groups excluding carboxylic acids is 1. The number of Topliss-reactive ketones (excluding diaryl/α,β-unsaturated/α-hetero) is 1. The van der Waals surface area contributed by atoms with Crippen LogP contribution >= 0.6 is 0 Å². The van der Waals surface area contributed by atoms with E-state index in [0.29, 0.717) is 13.0 Å². The molecule has 0 bridgehead atoms. The summed E-state index contributed by atoms with van der Waals surface area (Å²) < 4.78 is 5.55. The monoisotopic (exact) mass is 221 g/mol. The second kappa shape index (κ2) is 7.01. The Bertz CT molecular complexity index is 336. The molecule has 16 heavy (non-hydrogen) atoms. The molecule has 0 atom stereocenters. The lowest BCUT2D eigenvalue weighted by Crippen LogP contribution is -2.15. The van der Waals surface area contributed by atoms with Gasteiger partial charge >= 0.3 is 0 Å². The third kappa shape index (κ3) is 4.94. The first-order chi connectivity index (χ1) is 7.72. The maximum atomic E-state index is 10.9. The summed E-state index contributed by atoms with van der Waals surface area (Å²) in [6.07, 6.45) is 1.39. The van der Waals surface area contributed by atoms with Crippen molar-refractivity contribution >= 4 is 5.78 Å². The number of ether oxygens (including phenoxy) is 1. The third-order valence-electron chi connectivity index (χ3n) is 2.28. The molecule has 3 nitrogen and oxygen atoms in total. The summed E-state index contributed by atoms with van der Waals surface area (Å²) in [5.41, 5.74) is 1.15. The highest BCUT2D eigenvalue weighted by Gasteiger charge is 1.99. The second-order valence-corrected chi connectivity index (χ2v) is 3.80. The molecule has 3 heteroatoms. The molecular weight excluding hydrogens is 202 g/mol. The molecule has 0 unspecified atom stereocenters. The van der Waals surface area contributed by atoms with Gasteiger partial charge in [-0.1, -0.05) is 12.1 Å². The summed E-state index contributed by atoms with van der Waals surface area (Å²) in [4.78, 5) is 10.9. The van der Waals surface area contributed by atoms with Gasteiger partial charge in [-0.15, -0.1) is 0 Å². The second-order valence-electron chi connectivity index (χ2n) is 3.80. The number of carbonyl (C=O) groups is 1. The molecule has 0 amide bonds. The lowest BCUT2D eigenvalue weighted by Gasteiger charge is -2.07.